The van der Waals surface area contributed by atoms with E-state index in [1.807, 2.05) is 24.3 Å². The number of aliphatic carboxylic acids is 1. The van der Waals surface area contributed by atoms with Crippen LogP contribution >= 0.6 is 0 Å². The standard InChI is InChI=1S/C25H24N4O4/c1-2-16-4-3-5-21(14-16)27-25-29-28-24(33-25)23(32)26-20-12-10-19(11-13-20)18-8-6-17(7-9-18)15-22(30)31/h1,3-5,10-14,17-18H,6-9,15H2,(H,26,32)(H,27,29)(H,30,31). The van der Waals surface area contributed by atoms with Gasteiger partial charge in [-0.05, 0) is 73.4 Å². The third-order valence-corrected chi connectivity index (χ3v) is 5.85. The molecule has 1 saturated carbocycles. The number of amides is 1. The topological polar surface area (TPSA) is 117 Å². The number of hydrogen-bond acceptors (Lipinski definition) is 6. The molecule has 1 amide bonds. The molecule has 0 saturated heterocycles. The molecule has 1 aromatic heterocycles. The minimum Gasteiger partial charge on any atom is -0.481 e. The highest BCUT2D eigenvalue weighted by Crippen LogP contribution is 2.37. The van der Waals surface area contributed by atoms with E-state index >= 15 is 0 Å². The summed E-state index contributed by atoms with van der Waals surface area (Å²) in [4.78, 5) is 23.4. The number of carbonyl (C=O) groups is 2. The zero-order chi connectivity index (χ0) is 23.2. The molecule has 2 aromatic carbocycles. The van der Waals surface area contributed by atoms with Crippen LogP contribution in [-0.2, 0) is 4.79 Å². The number of carboxylic acid groups (broad SMARTS) is 1. The van der Waals surface area contributed by atoms with Crippen molar-refractivity contribution >= 4 is 29.3 Å². The SMILES string of the molecule is C#Cc1cccc(Nc2nnc(C(=O)Nc3ccc(C4CCC(CC(=O)O)CC4)cc3)o2)c1. The van der Waals surface area contributed by atoms with Crippen molar-refractivity contribution in [2.24, 2.45) is 5.92 Å². The Bertz CT molecular complexity index is 1170. The molecule has 0 aliphatic heterocycles. The summed E-state index contributed by atoms with van der Waals surface area (Å²) in [5.41, 5.74) is 3.20. The van der Waals surface area contributed by atoms with Crippen LogP contribution in [0.25, 0.3) is 0 Å². The summed E-state index contributed by atoms with van der Waals surface area (Å²) in [7, 11) is 0. The predicted octanol–water partition coefficient (Wildman–Crippen LogP) is 4.80. The van der Waals surface area contributed by atoms with E-state index in [0.29, 0.717) is 22.9 Å². The van der Waals surface area contributed by atoms with Crippen LogP contribution in [-0.4, -0.2) is 27.2 Å². The maximum atomic E-state index is 12.5. The fraction of sp³-hybridized carbons (Fsp3) is 0.280. The fourth-order valence-electron chi connectivity index (χ4n) is 4.15. The van der Waals surface area contributed by atoms with Gasteiger partial charge in [0.15, 0.2) is 0 Å². The lowest BCUT2D eigenvalue weighted by molar-refractivity contribution is -0.138. The summed E-state index contributed by atoms with van der Waals surface area (Å²) in [6, 6.07) is 14.9. The van der Waals surface area contributed by atoms with Crippen LogP contribution in [0.3, 0.4) is 0 Å². The fourth-order valence-corrected chi connectivity index (χ4v) is 4.15. The van der Waals surface area contributed by atoms with Crippen molar-refractivity contribution < 1.29 is 19.1 Å². The Kier molecular flexibility index (Phi) is 6.69. The summed E-state index contributed by atoms with van der Waals surface area (Å²) in [5, 5.41) is 22.3. The van der Waals surface area contributed by atoms with Gasteiger partial charge in [-0.3, -0.25) is 9.59 Å². The van der Waals surface area contributed by atoms with Gasteiger partial charge in [0.05, 0.1) is 0 Å². The highest BCUT2D eigenvalue weighted by Gasteiger charge is 2.24. The van der Waals surface area contributed by atoms with Crippen molar-refractivity contribution in [2.45, 2.75) is 38.0 Å². The van der Waals surface area contributed by atoms with Gasteiger partial charge in [-0.1, -0.05) is 29.2 Å². The van der Waals surface area contributed by atoms with Gasteiger partial charge in [-0.25, -0.2) is 0 Å². The number of hydrogen-bond donors (Lipinski definition) is 3. The van der Waals surface area contributed by atoms with Crippen molar-refractivity contribution in [1.29, 1.82) is 0 Å². The third kappa shape index (κ3) is 5.77. The van der Waals surface area contributed by atoms with Gasteiger partial charge in [0.2, 0.25) is 0 Å². The second-order valence-electron chi connectivity index (χ2n) is 8.15. The number of aromatic nitrogens is 2. The summed E-state index contributed by atoms with van der Waals surface area (Å²) in [6.07, 6.45) is 9.46. The molecule has 33 heavy (non-hydrogen) atoms. The van der Waals surface area contributed by atoms with E-state index in [2.05, 4.69) is 26.8 Å². The van der Waals surface area contributed by atoms with Crippen LogP contribution in [0, 0.1) is 18.3 Å². The van der Waals surface area contributed by atoms with Crippen LogP contribution in [0.2, 0.25) is 0 Å². The Labute approximate surface area is 191 Å². The van der Waals surface area contributed by atoms with Crippen molar-refractivity contribution in [2.75, 3.05) is 10.6 Å². The lowest BCUT2D eigenvalue weighted by Crippen LogP contribution is -2.16. The third-order valence-electron chi connectivity index (χ3n) is 5.85. The first kappa shape index (κ1) is 22.1. The van der Waals surface area contributed by atoms with Gasteiger partial charge in [-0.15, -0.1) is 11.5 Å². The number of benzene rings is 2. The van der Waals surface area contributed by atoms with Crippen LogP contribution < -0.4 is 10.6 Å². The molecule has 0 unspecified atom stereocenters. The number of rotatable bonds is 7. The molecule has 3 N–H and O–H groups in total. The molecule has 3 aromatic rings. The van der Waals surface area contributed by atoms with E-state index in [1.165, 1.54) is 5.56 Å². The van der Waals surface area contributed by atoms with Crippen LogP contribution in [0.1, 0.15) is 59.8 Å². The van der Waals surface area contributed by atoms with Crippen LogP contribution in [0.4, 0.5) is 17.4 Å². The number of carboxylic acids is 1. The molecular weight excluding hydrogens is 420 g/mol. The lowest BCUT2D eigenvalue weighted by Gasteiger charge is -2.28. The van der Waals surface area contributed by atoms with Crippen LogP contribution in [0.15, 0.2) is 52.9 Å². The van der Waals surface area contributed by atoms with Gasteiger partial charge in [0, 0.05) is 23.4 Å². The minimum absolute atomic E-state index is 0.0863. The van der Waals surface area contributed by atoms with Gasteiger partial charge < -0.3 is 20.2 Å². The zero-order valence-electron chi connectivity index (χ0n) is 18.0. The Morgan fingerprint density at radius 1 is 1.06 bits per heavy atom. The van der Waals surface area contributed by atoms with Crippen molar-refractivity contribution in [1.82, 2.24) is 10.2 Å². The maximum Gasteiger partial charge on any atom is 0.320 e. The second kappa shape index (κ2) is 10.0. The van der Waals surface area contributed by atoms with Crippen molar-refractivity contribution in [3.63, 3.8) is 0 Å². The second-order valence-corrected chi connectivity index (χ2v) is 8.15. The molecule has 168 valence electrons. The number of carbonyl (C=O) groups excluding carboxylic acids is 1. The Balaban J connectivity index is 1.32. The van der Waals surface area contributed by atoms with Gasteiger partial charge in [0.25, 0.3) is 0 Å². The van der Waals surface area contributed by atoms with E-state index in [-0.39, 0.29) is 24.2 Å². The highest BCUT2D eigenvalue weighted by molar-refractivity contribution is 6.00. The summed E-state index contributed by atoms with van der Waals surface area (Å²) in [6.45, 7) is 0. The normalized spacial score (nSPS) is 17.7. The Hall–Kier alpha value is -4.12. The molecule has 1 aliphatic carbocycles. The largest absolute Gasteiger partial charge is 0.481 e. The maximum absolute atomic E-state index is 12.5. The first-order chi connectivity index (χ1) is 16.0. The van der Waals surface area contributed by atoms with Crippen molar-refractivity contribution in [3.05, 3.63) is 65.5 Å². The summed E-state index contributed by atoms with van der Waals surface area (Å²) < 4.78 is 5.41. The first-order valence-corrected chi connectivity index (χ1v) is 10.8. The highest BCUT2D eigenvalue weighted by atomic mass is 16.4. The van der Waals surface area contributed by atoms with Crippen LogP contribution in [0.5, 0.6) is 0 Å². The molecule has 1 aliphatic rings. The average molecular weight is 444 g/mol. The number of nitrogens with zero attached hydrogens (tertiary/aromatic N) is 2. The molecule has 1 heterocycles. The zero-order valence-corrected chi connectivity index (χ0v) is 18.0. The Morgan fingerprint density at radius 2 is 1.82 bits per heavy atom. The Morgan fingerprint density at radius 3 is 2.52 bits per heavy atom. The van der Waals surface area contributed by atoms with E-state index < -0.39 is 11.9 Å². The van der Waals surface area contributed by atoms with E-state index in [4.69, 9.17) is 15.9 Å². The molecule has 8 nitrogen and oxygen atoms in total. The van der Waals surface area contributed by atoms with Gasteiger partial charge >= 0.3 is 23.8 Å². The molecule has 0 radical (unpaired) electrons. The number of anilines is 3. The monoisotopic (exact) mass is 444 g/mol. The molecule has 0 bridgehead atoms. The minimum atomic E-state index is -0.721. The van der Waals surface area contributed by atoms with E-state index in [0.717, 1.165) is 25.7 Å². The quantitative estimate of drug-likeness (QED) is 0.448. The smallest absolute Gasteiger partial charge is 0.320 e. The van der Waals surface area contributed by atoms with Gasteiger partial charge in [0.1, 0.15) is 0 Å². The van der Waals surface area contributed by atoms with Gasteiger partial charge in [-0.2, -0.15) is 0 Å². The molecule has 0 atom stereocenters. The summed E-state index contributed by atoms with van der Waals surface area (Å²) in [5.74, 6) is 1.84. The van der Waals surface area contributed by atoms with E-state index in [1.54, 1.807) is 24.3 Å². The molecular formula is C25H24N4O4. The first-order valence-electron chi connectivity index (χ1n) is 10.8. The molecule has 1 fully saturated rings. The number of terminal acetylenes is 1. The van der Waals surface area contributed by atoms with Crippen molar-refractivity contribution in [3.8, 4) is 12.3 Å². The molecule has 8 heteroatoms. The summed E-state index contributed by atoms with van der Waals surface area (Å²) >= 11 is 0. The number of nitrogens with one attached hydrogen (secondary N) is 2. The molecule has 4 rings (SSSR count). The molecule has 0 spiro atoms. The predicted molar refractivity (Wildman–Crippen MR) is 123 cm³/mol. The lowest BCUT2D eigenvalue weighted by atomic mass is 9.77. The average Bonchev–Trinajstić information content (AvgIpc) is 3.28. The van der Waals surface area contributed by atoms with E-state index in [9.17, 15) is 9.59 Å².